The third-order valence-electron chi connectivity index (χ3n) is 6.92. The molecule has 23 heavy (non-hydrogen) atoms. The Labute approximate surface area is 136 Å². The molecule has 4 N–H and O–H groups in total. The van der Waals surface area contributed by atoms with Crippen molar-refractivity contribution in [3.05, 3.63) is 0 Å². The summed E-state index contributed by atoms with van der Waals surface area (Å²) in [7, 11) is 0. The lowest BCUT2D eigenvalue weighted by Gasteiger charge is -2.62. The fraction of sp³-hybridized carbons (Fsp3) is 0.941. The predicted octanol–water partition coefficient (Wildman–Crippen LogP) is 0.185. The molecule has 130 valence electrons. The molecular weight excluding hydrogens is 298 g/mol. The molecule has 1 saturated heterocycles. The molecule has 1 aliphatic heterocycles. The van der Waals surface area contributed by atoms with Crippen LogP contribution >= 0.6 is 0 Å². The minimum absolute atomic E-state index is 0.0457. The van der Waals surface area contributed by atoms with E-state index in [2.05, 4.69) is 6.07 Å². The Morgan fingerprint density at radius 1 is 1.13 bits per heavy atom. The molecule has 0 radical (unpaired) electrons. The van der Waals surface area contributed by atoms with Crippen molar-refractivity contribution in [2.24, 2.45) is 23.2 Å². The van der Waals surface area contributed by atoms with Gasteiger partial charge < -0.3 is 25.2 Å². The van der Waals surface area contributed by atoms with Gasteiger partial charge in [-0.3, -0.25) is 0 Å². The second-order valence-electron chi connectivity index (χ2n) is 8.43. The van der Waals surface area contributed by atoms with Gasteiger partial charge in [0.2, 0.25) is 0 Å². The molecule has 2 saturated carbocycles. The third kappa shape index (κ3) is 1.65. The Balaban J connectivity index is 2.28. The summed E-state index contributed by atoms with van der Waals surface area (Å²) in [6.07, 6.45) is -1.43. The molecule has 0 aromatic rings. The highest BCUT2D eigenvalue weighted by atomic mass is 16.6. The SMILES string of the molecule is C[C@@H]1C[C@@]2(C#N)C[C@H](C)[C@@H]3[C@@H](O)[C@]2(O[C@@]3(C)CO)[C@@](C)(O)[C@H]1O. The Morgan fingerprint density at radius 3 is 2.22 bits per heavy atom. The molecular formula is C17H27NO5. The average Bonchev–Trinajstić information content (AvgIpc) is 2.68. The second kappa shape index (κ2) is 4.68. The summed E-state index contributed by atoms with van der Waals surface area (Å²) in [4.78, 5) is 0. The van der Waals surface area contributed by atoms with Gasteiger partial charge in [0, 0.05) is 5.92 Å². The molecule has 1 heterocycles. The van der Waals surface area contributed by atoms with Crippen LogP contribution < -0.4 is 0 Å². The summed E-state index contributed by atoms with van der Waals surface area (Å²) in [5, 5.41) is 52.8. The first-order chi connectivity index (χ1) is 10.5. The van der Waals surface area contributed by atoms with Gasteiger partial charge in [0.05, 0.1) is 35.9 Å². The fourth-order valence-electron chi connectivity index (χ4n) is 6.07. The van der Waals surface area contributed by atoms with E-state index in [9.17, 15) is 25.7 Å². The summed E-state index contributed by atoms with van der Waals surface area (Å²) in [6.45, 7) is 6.58. The van der Waals surface area contributed by atoms with E-state index in [0.29, 0.717) is 12.8 Å². The molecule has 3 fully saturated rings. The molecule has 0 amide bonds. The van der Waals surface area contributed by atoms with E-state index >= 15 is 0 Å². The summed E-state index contributed by atoms with van der Waals surface area (Å²) in [5.74, 6) is -0.743. The van der Waals surface area contributed by atoms with E-state index in [1.54, 1.807) is 13.8 Å². The maximum absolute atomic E-state index is 11.2. The smallest absolute Gasteiger partial charge is 0.144 e. The Kier molecular flexibility index (Phi) is 3.48. The first kappa shape index (κ1) is 17.1. The van der Waals surface area contributed by atoms with Crippen LogP contribution in [0.15, 0.2) is 0 Å². The van der Waals surface area contributed by atoms with Crippen molar-refractivity contribution in [3.8, 4) is 6.07 Å². The van der Waals surface area contributed by atoms with Crippen molar-refractivity contribution in [2.45, 2.75) is 69.5 Å². The standard InChI is InChI=1S/C17H27NO5/c1-9-5-16(7-18)6-10(2)12(20)15(4,22)17(16)13(21)11(9)14(3,8-19)23-17/h9-13,19-22H,5-6,8H2,1-4H3/t9-,10+,11+,12-,13+,14-,15-,16+,17-/m0/s1. The van der Waals surface area contributed by atoms with E-state index in [1.165, 1.54) is 6.92 Å². The second-order valence-corrected chi connectivity index (χ2v) is 8.43. The normalized spacial score (nSPS) is 61.8. The number of fused-ring (bicyclic) bond motifs is 1. The highest BCUT2D eigenvalue weighted by Gasteiger charge is 2.81. The molecule has 0 aromatic heterocycles. The molecule has 2 aliphatic carbocycles. The quantitative estimate of drug-likeness (QED) is 0.547. The molecule has 2 bridgehead atoms. The van der Waals surface area contributed by atoms with Crippen LogP contribution in [0.3, 0.4) is 0 Å². The van der Waals surface area contributed by atoms with Gasteiger partial charge in [0.25, 0.3) is 0 Å². The molecule has 9 atom stereocenters. The first-order valence-corrected chi connectivity index (χ1v) is 8.34. The summed E-state index contributed by atoms with van der Waals surface area (Å²) >= 11 is 0. The predicted molar refractivity (Wildman–Crippen MR) is 81.0 cm³/mol. The molecule has 1 spiro atoms. The van der Waals surface area contributed by atoms with E-state index in [1.807, 2.05) is 6.92 Å². The molecule has 0 aromatic carbocycles. The van der Waals surface area contributed by atoms with Crippen LogP contribution in [0.2, 0.25) is 0 Å². The van der Waals surface area contributed by atoms with E-state index in [0.717, 1.165) is 0 Å². The lowest BCUT2D eigenvalue weighted by atomic mass is 9.45. The molecule has 3 aliphatic rings. The van der Waals surface area contributed by atoms with Gasteiger partial charge in [-0.05, 0) is 38.5 Å². The fourth-order valence-corrected chi connectivity index (χ4v) is 6.07. The molecule has 6 nitrogen and oxygen atoms in total. The summed E-state index contributed by atoms with van der Waals surface area (Å²) in [6, 6.07) is 2.33. The van der Waals surface area contributed by atoms with Crippen LogP contribution in [-0.4, -0.2) is 56.0 Å². The van der Waals surface area contributed by atoms with Crippen molar-refractivity contribution in [3.63, 3.8) is 0 Å². The summed E-state index contributed by atoms with van der Waals surface area (Å²) in [5.41, 5.74) is -5.54. The van der Waals surface area contributed by atoms with Gasteiger partial charge in [-0.1, -0.05) is 13.8 Å². The van der Waals surface area contributed by atoms with Gasteiger partial charge in [0.1, 0.15) is 11.2 Å². The average molecular weight is 325 g/mol. The lowest BCUT2D eigenvalue weighted by Crippen LogP contribution is -2.77. The van der Waals surface area contributed by atoms with Crippen molar-refractivity contribution in [2.75, 3.05) is 6.61 Å². The van der Waals surface area contributed by atoms with Crippen molar-refractivity contribution in [1.29, 1.82) is 5.26 Å². The Morgan fingerprint density at radius 2 is 1.70 bits per heavy atom. The maximum atomic E-state index is 11.2. The Hall–Kier alpha value is -0.710. The maximum Gasteiger partial charge on any atom is 0.144 e. The number of nitriles is 1. The van der Waals surface area contributed by atoms with Crippen LogP contribution in [0.5, 0.6) is 0 Å². The zero-order chi connectivity index (χ0) is 17.4. The monoisotopic (exact) mass is 325 g/mol. The Bertz CT molecular complexity index is 560. The molecule has 0 unspecified atom stereocenters. The lowest BCUT2D eigenvalue weighted by molar-refractivity contribution is -0.316. The van der Waals surface area contributed by atoms with E-state index < -0.39 is 40.3 Å². The van der Waals surface area contributed by atoms with Gasteiger partial charge in [0.15, 0.2) is 0 Å². The van der Waals surface area contributed by atoms with Crippen molar-refractivity contribution in [1.82, 2.24) is 0 Å². The van der Waals surface area contributed by atoms with E-state index in [4.69, 9.17) is 4.74 Å². The zero-order valence-electron chi connectivity index (χ0n) is 14.2. The van der Waals surface area contributed by atoms with Crippen LogP contribution in [0.1, 0.15) is 40.5 Å². The highest BCUT2D eigenvalue weighted by Crippen LogP contribution is 2.68. The zero-order valence-corrected chi connectivity index (χ0v) is 14.2. The number of aliphatic hydroxyl groups excluding tert-OH is 3. The topological polar surface area (TPSA) is 114 Å². The number of ether oxygens (including phenoxy) is 1. The number of hydrogen-bond donors (Lipinski definition) is 4. The van der Waals surface area contributed by atoms with Crippen molar-refractivity contribution >= 4 is 0 Å². The van der Waals surface area contributed by atoms with Crippen LogP contribution in [-0.2, 0) is 4.74 Å². The third-order valence-corrected chi connectivity index (χ3v) is 6.92. The largest absolute Gasteiger partial charge is 0.393 e. The highest BCUT2D eigenvalue weighted by molar-refractivity contribution is 5.33. The molecule has 3 rings (SSSR count). The van der Waals surface area contributed by atoms with Crippen LogP contribution in [0.4, 0.5) is 0 Å². The number of hydrogen-bond acceptors (Lipinski definition) is 6. The number of nitrogens with zero attached hydrogens (tertiary/aromatic N) is 1. The van der Waals surface area contributed by atoms with Crippen molar-refractivity contribution < 1.29 is 25.2 Å². The van der Waals surface area contributed by atoms with E-state index in [-0.39, 0.29) is 18.4 Å². The minimum Gasteiger partial charge on any atom is -0.393 e. The van der Waals surface area contributed by atoms with Gasteiger partial charge in [-0.2, -0.15) is 5.26 Å². The number of rotatable bonds is 1. The number of aliphatic hydroxyl groups is 4. The van der Waals surface area contributed by atoms with Gasteiger partial charge in [-0.15, -0.1) is 0 Å². The summed E-state index contributed by atoms with van der Waals surface area (Å²) < 4.78 is 6.19. The van der Waals surface area contributed by atoms with Crippen LogP contribution in [0.25, 0.3) is 0 Å². The molecule has 6 heteroatoms. The minimum atomic E-state index is -1.79. The van der Waals surface area contributed by atoms with Gasteiger partial charge >= 0.3 is 0 Å². The van der Waals surface area contributed by atoms with Crippen LogP contribution in [0, 0.1) is 34.5 Å². The first-order valence-electron chi connectivity index (χ1n) is 8.34. The van der Waals surface area contributed by atoms with Gasteiger partial charge in [-0.25, -0.2) is 0 Å².